The average Bonchev–Trinajstić information content (AvgIpc) is 2.00. The lowest BCUT2D eigenvalue weighted by Gasteiger charge is -2.31. The van der Waals surface area contributed by atoms with Gasteiger partial charge in [0.25, 0.3) is 0 Å². The molecule has 1 fully saturated rings. The topological polar surface area (TPSA) is 49.4 Å². The molecule has 0 aromatic rings. The summed E-state index contributed by atoms with van der Waals surface area (Å²) in [5.41, 5.74) is 0. The molecule has 0 bridgehead atoms. The van der Waals surface area contributed by atoms with E-state index in [1.165, 1.54) is 6.26 Å². The van der Waals surface area contributed by atoms with Crippen molar-refractivity contribution < 1.29 is 8.42 Å². The van der Waals surface area contributed by atoms with Gasteiger partial charge in [-0.15, -0.1) is 0 Å². The SMILES string of the molecule is CC1CN(CCS(C)(=O)=O)CCN1. The Kier molecular flexibility index (Phi) is 3.70. The maximum atomic E-state index is 10.9. The van der Waals surface area contributed by atoms with Gasteiger partial charge in [-0.2, -0.15) is 0 Å². The Morgan fingerprint density at radius 2 is 2.23 bits per heavy atom. The molecule has 0 saturated carbocycles. The zero-order valence-corrected chi connectivity index (χ0v) is 9.10. The number of rotatable bonds is 3. The minimum atomic E-state index is -2.80. The van der Waals surface area contributed by atoms with Crippen molar-refractivity contribution in [1.29, 1.82) is 0 Å². The van der Waals surface area contributed by atoms with E-state index in [1.54, 1.807) is 0 Å². The molecule has 0 aromatic carbocycles. The summed E-state index contributed by atoms with van der Waals surface area (Å²) < 4.78 is 21.8. The highest BCUT2D eigenvalue weighted by Crippen LogP contribution is 1.98. The second-order valence-electron chi connectivity index (χ2n) is 3.79. The van der Waals surface area contributed by atoms with Crippen LogP contribution in [0.4, 0.5) is 0 Å². The van der Waals surface area contributed by atoms with Crippen molar-refractivity contribution in [2.24, 2.45) is 0 Å². The van der Waals surface area contributed by atoms with Crippen LogP contribution in [0.25, 0.3) is 0 Å². The van der Waals surface area contributed by atoms with Crippen molar-refractivity contribution in [2.45, 2.75) is 13.0 Å². The molecule has 4 nitrogen and oxygen atoms in total. The first kappa shape index (κ1) is 10.9. The molecule has 0 spiro atoms. The van der Waals surface area contributed by atoms with Crippen LogP contribution in [0, 0.1) is 0 Å². The number of nitrogens with one attached hydrogen (secondary N) is 1. The standard InChI is InChI=1S/C8H18N2O2S/c1-8-7-10(4-3-9-8)5-6-13(2,11)12/h8-9H,3-7H2,1-2H3. The van der Waals surface area contributed by atoms with E-state index >= 15 is 0 Å². The Morgan fingerprint density at radius 1 is 1.54 bits per heavy atom. The van der Waals surface area contributed by atoms with Gasteiger partial charge in [0.2, 0.25) is 0 Å². The summed E-state index contributed by atoms with van der Waals surface area (Å²) in [7, 11) is -2.80. The summed E-state index contributed by atoms with van der Waals surface area (Å²) >= 11 is 0. The van der Waals surface area contributed by atoms with Gasteiger partial charge in [-0.1, -0.05) is 0 Å². The zero-order chi connectivity index (χ0) is 9.90. The quantitative estimate of drug-likeness (QED) is 0.665. The van der Waals surface area contributed by atoms with Gasteiger partial charge in [-0.3, -0.25) is 4.90 Å². The van der Waals surface area contributed by atoms with E-state index in [-0.39, 0.29) is 5.75 Å². The molecule has 1 heterocycles. The van der Waals surface area contributed by atoms with Gasteiger partial charge >= 0.3 is 0 Å². The highest BCUT2D eigenvalue weighted by molar-refractivity contribution is 7.90. The summed E-state index contributed by atoms with van der Waals surface area (Å²) in [6.45, 7) is 5.66. The Balaban J connectivity index is 2.29. The van der Waals surface area contributed by atoms with Crippen molar-refractivity contribution >= 4 is 9.84 Å². The maximum Gasteiger partial charge on any atom is 0.148 e. The fraction of sp³-hybridized carbons (Fsp3) is 1.00. The Hall–Kier alpha value is -0.130. The van der Waals surface area contributed by atoms with Gasteiger partial charge < -0.3 is 5.32 Å². The molecule has 13 heavy (non-hydrogen) atoms. The molecule has 5 heteroatoms. The first-order chi connectivity index (χ1) is 5.97. The average molecular weight is 206 g/mol. The van der Waals surface area contributed by atoms with Gasteiger partial charge in [0.1, 0.15) is 9.84 Å². The van der Waals surface area contributed by atoms with E-state index in [2.05, 4.69) is 17.1 Å². The summed E-state index contributed by atoms with van der Waals surface area (Å²) in [5, 5.41) is 3.32. The van der Waals surface area contributed by atoms with Gasteiger partial charge in [0.05, 0.1) is 5.75 Å². The molecule has 1 rings (SSSR count). The lowest BCUT2D eigenvalue weighted by atomic mass is 10.2. The lowest BCUT2D eigenvalue weighted by Crippen LogP contribution is -2.50. The van der Waals surface area contributed by atoms with E-state index in [4.69, 9.17) is 0 Å². The third-order valence-corrected chi connectivity index (χ3v) is 3.16. The number of piperazine rings is 1. The van der Waals surface area contributed by atoms with E-state index in [0.29, 0.717) is 12.6 Å². The minimum absolute atomic E-state index is 0.278. The summed E-state index contributed by atoms with van der Waals surface area (Å²) in [6, 6.07) is 0.480. The molecular weight excluding hydrogens is 188 g/mol. The van der Waals surface area contributed by atoms with Crippen molar-refractivity contribution in [3.8, 4) is 0 Å². The predicted octanol–water partition coefficient (Wildman–Crippen LogP) is -0.675. The van der Waals surface area contributed by atoms with Gasteiger partial charge in [0, 0.05) is 38.5 Å². The lowest BCUT2D eigenvalue weighted by molar-refractivity contribution is 0.217. The second-order valence-corrected chi connectivity index (χ2v) is 6.05. The maximum absolute atomic E-state index is 10.9. The van der Waals surface area contributed by atoms with Crippen LogP contribution in [0.3, 0.4) is 0 Å². The van der Waals surface area contributed by atoms with Crippen molar-refractivity contribution in [1.82, 2.24) is 10.2 Å². The molecule has 1 aliphatic rings. The van der Waals surface area contributed by atoms with E-state index in [1.807, 2.05) is 0 Å². The fourth-order valence-electron chi connectivity index (χ4n) is 1.51. The summed E-state index contributed by atoms with van der Waals surface area (Å²) in [5.74, 6) is 0.278. The van der Waals surface area contributed by atoms with Gasteiger partial charge in [-0.05, 0) is 6.92 Å². The zero-order valence-electron chi connectivity index (χ0n) is 8.28. The highest BCUT2D eigenvalue weighted by Gasteiger charge is 2.16. The second kappa shape index (κ2) is 4.39. The van der Waals surface area contributed by atoms with Crippen molar-refractivity contribution in [3.05, 3.63) is 0 Å². The summed E-state index contributed by atoms with van der Waals surface area (Å²) in [6.07, 6.45) is 1.29. The molecular formula is C8H18N2O2S. The number of hydrogen-bond acceptors (Lipinski definition) is 4. The van der Waals surface area contributed by atoms with Gasteiger partial charge in [-0.25, -0.2) is 8.42 Å². The summed E-state index contributed by atoms with van der Waals surface area (Å²) in [4.78, 5) is 2.20. The molecule has 1 aliphatic heterocycles. The monoisotopic (exact) mass is 206 g/mol. The Labute approximate surface area is 80.2 Å². The van der Waals surface area contributed by atoms with Crippen LogP contribution < -0.4 is 5.32 Å². The molecule has 0 aromatic heterocycles. The van der Waals surface area contributed by atoms with Crippen LogP contribution in [-0.4, -0.2) is 57.5 Å². The van der Waals surface area contributed by atoms with Crippen molar-refractivity contribution in [2.75, 3.05) is 38.2 Å². The molecule has 1 N–H and O–H groups in total. The molecule has 1 saturated heterocycles. The first-order valence-corrected chi connectivity index (χ1v) is 6.67. The van der Waals surface area contributed by atoms with Crippen LogP contribution >= 0.6 is 0 Å². The van der Waals surface area contributed by atoms with Gasteiger partial charge in [0.15, 0.2) is 0 Å². The number of sulfone groups is 1. The van der Waals surface area contributed by atoms with Crippen LogP contribution in [0.5, 0.6) is 0 Å². The highest BCUT2D eigenvalue weighted by atomic mass is 32.2. The molecule has 0 amide bonds. The van der Waals surface area contributed by atoms with Crippen LogP contribution in [0.15, 0.2) is 0 Å². The molecule has 1 atom stereocenters. The number of hydrogen-bond donors (Lipinski definition) is 1. The largest absolute Gasteiger partial charge is 0.312 e. The van der Waals surface area contributed by atoms with E-state index < -0.39 is 9.84 Å². The van der Waals surface area contributed by atoms with E-state index in [0.717, 1.165) is 19.6 Å². The molecule has 0 radical (unpaired) electrons. The minimum Gasteiger partial charge on any atom is -0.312 e. The molecule has 0 aliphatic carbocycles. The smallest absolute Gasteiger partial charge is 0.148 e. The molecule has 1 unspecified atom stereocenters. The predicted molar refractivity (Wildman–Crippen MR) is 53.6 cm³/mol. The Bertz CT molecular complexity index is 251. The number of nitrogens with zero attached hydrogens (tertiary/aromatic N) is 1. The van der Waals surface area contributed by atoms with Crippen LogP contribution in [0.2, 0.25) is 0 Å². The molecule has 78 valence electrons. The van der Waals surface area contributed by atoms with Crippen LogP contribution in [0.1, 0.15) is 6.92 Å². The van der Waals surface area contributed by atoms with Crippen molar-refractivity contribution in [3.63, 3.8) is 0 Å². The van der Waals surface area contributed by atoms with Crippen LogP contribution in [-0.2, 0) is 9.84 Å². The Morgan fingerprint density at radius 3 is 2.77 bits per heavy atom. The third-order valence-electron chi connectivity index (χ3n) is 2.23. The fourth-order valence-corrected chi connectivity index (χ4v) is 2.10. The normalized spacial score (nSPS) is 26.2. The third kappa shape index (κ3) is 4.59. The first-order valence-electron chi connectivity index (χ1n) is 4.61. The van der Waals surface area contributed by atoms with E-state index in [9.17, 15) is 8.42 Å².